The van der Waals surface area contributed by atoms with Crippen molar-refractivity contribution in [1.82, 2.24) is 9.36 Å². The summed E-state index contributed by atoms with van der Waals surface area (Å²) < 4.78 is 4.00. The van der Waals surface area contributed by atoms with Crippen molar-refractivity contribution in [1.29, 1.82) is 0 Å². The van der Waals surface area contributed by atoms with Crippen LogP contribution >= 0.6 is 11.5 Å². The van der Waals surface area contributed by atoms with E-state index in [9.17, 15) is 0 Å². The van der Waals surface area contributed by atoms with Crippen molar-refractivity contribution in [2.24, 2.45) is 0 Å². The van der Waals surface area contributed by atoms with Crippen LogP contribution in [-0.2, 0) is 0 Å². The van der Waals surface area contributed by atoms with E-state index in [0.29, 0.717) is 11.6 Å². The number of aliphatic hydroxyl groups is 1. The molecule has 0 bridgehead atoms. The monoisotopic (exact) mass is 197 g/mol. The van der Waals surface area contributed by atoms with Crippen LogP contribution < -0.4 is 5.32 Å². The number of nitrogens with one attached hydrogen (secondary N) is 1. The van der Waals surface area contributed by atoms with E-state index in [-0.39, 0.29) is 12.6 Å². The molecule has 1 aromatic rings. The van der Waals surface area contributed by atoms with Gasteiger partial charge in [0.15, 0.2) is 0 Å². The first-order valence-corrected chi connectivity index (χ1v) is 4.64. The normalized spacial score (nSPS) is 12.1. The molecule has 0 aliphatic heterocycles. The summed E-state index contributed by atoms with van der Waals surface area (Å²) in [6.45, 7) is 1.82. The lowest BCUT2D eigenvalue weighted by Gasteiger charge is -2.10. The van der Waals surface area contributed by atoms with E-state index in [1.807, 2.05) is 6.92 Å². The fraction of sp³-hybridized carbons (Fsp3) is 0.500. The summed E-state index contributed by atoms with van der Waals surface area (Å²) >= 11 is 1.27. The van der Waals surface area contributed by atoms with E-state index >= 15 is 0 Å². The number of anilines is 1. The quantitative estimate of drug-likeness (QED) is 0.696. The number of aliphatic hydroxyl groups excluding tert-OH is 1. The molecule has 0 radical (unpaired) electrons. The van der Waals surface area contributed by atoms with Gasteiger partial charge in [-0.1, -0.05) is 0 Å². The van der Waals surface area contributed by atoms with Crippen molar-refractivity contribution in [2.75, 3.05) is 11.9 Å². The molecule has 0 saturated carbocycles. The minimum absolute atomic E-state index is 0.00281. The largest absolute Gasteiger partial charge is 0.394 e. The van der Waals surface area contributed by atoms with Gasteiger partial charge in [0.2, 0.25) is 5.13 Å². The molecule has 0 fully saturated rings. The minimum Gasteiger partial charge on any atom is -0.394 e. The second-order valence-electron chi connectivity index (χ2n) is 2.58. The van der Waals surface area contributed by atoms with Gasteiger partial charge < -0.3 is 10.4 Å². The summed E-state index contributed by atoms with van der Waals surface area (Å²) in [5.74, 6) is 3.21. The lowest BCUT2D eigenvalue weighted by molar-refractivity contribution is 0.276. The first-order chi connectivity index (χ1) is 6.26. The number of terminal acetylenes is 1. The number of aryl methyl sites for hydroxylation is 1. The first kappa shape index (κ1) is 9.96. The van der Waals surface area contributed by atoms with Crippen molar-refractivity contribution < 1.29 is 5.11 Å². The Morgan fingerprint density at radius 2 is 2.54 bits per heavy atom. The van der Waals surface area contributed by atoms with Gasteiger partial charge >= 0.3 is 0 Å². The van der Waals surface area contributed by atoms with Crippen LogP contribution in [0, 0.1) is 19.3 Å². The van der Waals surface area contributed by atoms with Crippen LogP contribution in [0.3, 0.4) is 0 Å². The highest BCUT2D eigenvalue weighted by molar-refractivity contribution is 7.09. The van der Waals surface area contributed by atoms with Crippen molar-refractivity contribution in [3.8, 4) is 12.3 Å². The molecular formula is C8H11N3OS. The topological polar surface area (TPSA) is 58.0 Å². The smallest absolute Gasteiger partial charge is 0.202 e. The van der Waals surface area contributed by atoms with Gasteiger partial charge in [-0.3, -0.25) is 0 Å². The fourth-order valence-corrected chi connectivity index (χ4v) is 1.49. The highest BCUT2D eigenvalue weighted by Gasteiger charge is 2.07. The Balaban J connectivity index is 2.52. The van der Waals surface area contributed by atoms with Gasteiger partial charge in [-0.2, -0.15) is 4.37 Å². The third-order valence-corrected chi connectivity index (χ3v) is 2.18. The van der Waals surface area contributed by atoms with Gasteiger partial charge in [0.25, 0.3) is 0 Å². The zero-order valence-electron chi connectivity index (χ0n) is 7.32. The lowest BCUT2D eigenvalue weighted by Crippen LogP contribution is -2.22. The first-order valence-electron chi connectivity index (χ1n) is 3.87. The van der Waals surface area contributed by atoms with E-state index in [2.05, 4.69) is 20.6 Å². The Morgan fingerprint density at radius 1 is 1.77 bits per heavy atom. The van der Waals surface area contributed by atoms with E-state index in [0.717, 1.165) is 5.82 Å². The van der Waals surface area contributed by atoms with Crippen molar-refractivity contribution in [2.45, 2.75) is 19.4 Å². The van der Waals surface area contributed by atoms with E-state index < -0.39 is 0 Å². The van der Waals surface area contributed by atoms with Crippen LogP contribution in [0.2, 0.25) is 0 Å². The SMILES string of the molecule is C#CCC(CO)Nc1nc(C)ns1. The van der Waals surface area contributed by atoms with Gasteiger partial charge in [0.05, 0.1) is 12.6 Å². The average Bonchev–Trinajstić information content (AvgIpc) is 2.50. The maximum Gasteiger partial charge on any atom is 0.202 e. The van der Waals surface area contributed by atoms with E-state index in [1.165, 1.54) is 11.5 Å². The van der Waals surface area contributed by atoms with Crippen molar-refractivity contribution in [3.63, 3.8) is 0 Å². The van der Waals surface area contributed by atoms with Gasteiger partial charge in [0.1, 0.15) is 5.82 Å². The molecule has 0 saturated heterocycles. The summed E-state index contributed by atoms with van der Waals surface area (Å²) in [6.07, 6.45) is 5.61. The zero-order chi connectivity index (χ0) is 9.68. The van der Waals surface area contributed by atoms with Gasteiger partial charge in [-0.25, -0.2) is 4.98 Å². The van der Waals surface area contributed by atoms with E-state index in [4.69, 9.17) is 11.5 Å². The fourth-order valence-electron chi connectivity index (χ4n) is 0.834. The number of nitrogens with zero attached hydrogens (tertiary/aromatic N) is 2. The van der Waals surface area contributed by atoms with Crippen LogP contribution in [-0.4, -0.2) is 27.1 Å². The third-order valence-electron chi connectivity index (χ3n) is 1.44. The average molecular weight is 197 g/mol. The summed E-state index contributed by atoms with van der Waals surface area (Å²) in [5, 5.41) is 12.6. The lowest BCUT2D eigenvalue weighted by atomic mass is 10.2. The molecule has 13 heavy (non-hydrogen) atoms. The number of hydrogen-bond acceptors (Lipinski definition) is 5. The molecule has 0 spiro atoms. The Labute approximate surface area is 81.2 Å². The van der Waals surface area contributed by atoms with Gasteiger partial charge in [0, 0.05) is 18.0 Å². The maximum absolute atomic E-state index is 8.92. The number of aromatic nitrogens is 2. The predicted molar refractivity (Wildman–Crippen MR) is 52.6 cm³/mol. The van der Waals surface area contributed by atoms with Gasteiger partial charge in [-0.15, -0.1) is 12.3 Å². The highest BCUT2D eigenvalue weighted by Crippen LogP contribution is 2.12. The molecule has 70 valence electrons. The Bertz CT molecular complexity index is 305. The highest BCUT2D eigenvalue weighted by atomic mass is 32.1. The number of rotatable bonds is 4. The van der Waals surface area contributed by atoms with E-state index in [1.54, 1.807) is 0 Å². The molecule has 1 heterocycles. The van der Waals surface area contributed by atoms with Crippen LogP contribution in [0.4, 0.5) is 5.13 Å². The second kappa shape index (κ2) is 4.80. The van der Waals surface area contributed by atoms with Crippen molar-refractivity contribution in [3.05, 3.63) is 5.82 Å². The molecule has 2 N–H and O–H groups in total. The Kier molecular flexibility index (Phi) is 3.68. The molecule has 1 rings (SSSR count). The van der Waals surface area contributed by atoms with Crippen LogP contribution in [0.15, 0.2) is 0 Å². The van der Waals surface area contributed by atoms with Crippen LogP contribution in [0.1, 0.15) is 12.2 Å². The van der Waals surface area contributed by atoms with Gasteiger partial charge in [-0.05, 0) is 6.92 Å². The molecule has 1 atom stereocenters. The Morgan fingerprint density at radius 3 is 3.00 bits per heavy atom. The molecule has 5 heteroatoms. The van der Waals surface area contributed by atoms with Crippen LogP contribution in [0.5, 0.6) is 0 Å². The Hall–Kier alpha value is -1.12. The molecule has 0 aromatic carbocycles. The van der Waals surface area contributed by atoms with Crippen molar-refractivity contribution >= 4 is 16.7 Å². The summed E-state index contributed by atoms with van der Waals surface area (Å²) in [7, 11) is 0. The van der Waals surface area contributed by atoms with Crippen LogP contribution in [0.25, 0.3) is 0 Å². The molecule has 0 aliphatic carbocycles. The predicted octanol–water partition coefficient (Wildman–Crippen LogP) is 0.643. The molecule has 0 aliphatic rings. The second-order valence-corrected chi connectivity index (χ2v) is 3.33. The third kappa shape index (κ3) is 3.01. The standard InChI is InChI=1S/C8H11N3OS/c1-3-4-7(5-12)10-8-9-6(2)11-13-8/h1,7,12H,4-5H2,2H3,(H,9,10,11). The molecule has 1 unspecified atom stereocenters. The zero-order valence-corrected chi connectivity index (χ0v) is 8.14. The number of hydrogen-bond donors (Lipinski definition) is 2. The minimum atomic E-state index is -0.127. The molecule has 4 nitrogen and oxygen atoms in total. The molecule has 0 amide bonds. The molecular weight excluding hydrogens is 186 g/mol. The summed E-state index contributed by atoms with van der Waals surface area (Å²) in [6, 6.07) is -0.127. The molecule has 1 aromatic heterocycles. The summed E-state index contributed by atoms with van der Waals surface area (Å²) in [4.78, 5) is 4.10. The maximum atomic E-state index is 8.92. The summed E-state index contributed by atoms with van der Waals surface area (Å²) in [5.41, 5.74) is 0.